The zero-order valence-electron chi connectivity index (χ0n) is 12.0. The lowest BCUT2D eigenvalue weighted by atomic mass is 9.94. The molecule has 1 aromatic carbocycles. The van der Waals surface area contributed by atoms with Crippen LogP contribution in [0.3, 0.4) is 0 Å². The highest BCUT2D eigenvalue weighted by Gasteiger charge is 2.31. The van der Waals surface area contributed by atoms with E-state index in [1.54, 1.807) is 12.1 Å². The van der Waals surface area contributed by atoms with Crippen LogP contribution in [0.25, 0.3) is 0 Å². The number of hydrogen-bond donors (Lipinski definition) is 3. The number of aliphatic carboxylic acids is 1. The van der Waals surface area contributed by atoms with E-state index in [0.717, 1.165) is 24.8 Å². The van der Waals surface area contributed by atoms with Crippen LogP contribution in [0.4, 0.5) is 0 Å². The molecule has 1 fully saturated rings. The van der Waals surface area contributed by atoms with Crippen molar-refractivity contribution >= 4 is 11.9 Å². The van der Waals surface area contributed by atoms with Gasteiger partial charge in [0.1, 0.15) is 6.04 Å². The van der Waals surface area contributed by atoms with Crippen LogP contribution in [0.1, 0.15) is 43.7 Å². The Labute approximate surface area is 124 Å². The quantitative estimate of drug-likeness (QED) is 0.738. The lowest BCUT2D eigenvalue weighted by Gasteiger charge is -2.24. The van der Waals surface area contributed by atoms with Crippen LogP contribution in [0.5, 0.6) is 0 Å². The molecule has 0 heterocycles. The molecule has 5 nitrogen and oxygen atoms in total. The fourth-order valence-corrected chi connectivity index (χ4v) is 2.86. The molecule has 3 atom stereocenters. The Morgan fingerprint density at radius 1 is 1.14 bits per heavy atom. The zero-order valence-corrected chi connectivity index (χ0v) is 12.0. The summed E-state index contributed by atoms with van der Waals surface area (Å²) in [6, 6.07) is 8.02. The number of carbonyl (C=O) groups excluding carboxylic acids is 1. The van der Waals surface area contributed by atoms with Gasteiger partial charge in [-0.2, -0.15) is 0 Å². The molecule has 1 saturated carbocycles. The molecule has 1 aliphatic carbocycles. The molecule has 0 radical (unpaired) electrons. The van der Waals surface area contributed by atoms with E-state index in [4.69, 9.17) is 5.73 Å². The van der Waals surface area contributed by atoms with E-state index in [0.29, 0.717) is 12.8 Å². The van der Waals surface area contributed by atoms with Crippen molar-refractivity contribution in [3.05, 3.63) is 35.9 Å². The number of carboxylic acids is 1. The van der Waals surface area contributed by atoms with Gasteiger partial charge in [0.05, 0.1) is 5.92 Å². The van der Waals surface area contributed by atoms with E-state index in [1.807, 2.05) is 18.2 Å². The third-order valence-electron chi connectivity index (χ3n) is 4.10. The largest absolute Gasteiger partial charge is 0.481 e. The summed E-state index contributed by atoms with van der Waals surface area (Å²) in [6.45, 7) is 0. The Morgan fingerprint density at radius 2 is 1.81 bits per heavy atom. The van der Waals surface area contributed by atoms with Crippen LogP contribution in [-0.2, 0) is 9.59 Å². The van der Waals surface area contributed by atoms with Gasteiger partial charge in [-0.25, -0.2) is 0 Å². The molecule has 0 bridgehead atoms. The van der Waals surface area contributed by atoms with Crippen LogP contribution in [0, 0.1) is 5.92 Å². The predicted molar refractivity (Wildman–Crippen MR) is 79.5 cm³/mol. The Kier molecular flexibility index (Phi) is 5.33. The minimum absolute atomic E-state index is 0.306. The van der Waals surface area contributed by atoms with Crippen molar-refractivity contribution in [2.45, 2.75) is 44.2 Å². The van der Waals surface area contributed by atoms with Crippen molar-refractivity contribution in [3.63, 3.8) is 0 Å². The van der Waals surface area contributed by atoms with Crippen molar-refractivity contribution in [2.24, 2.45) is 11.7 Å². The van der Waals surface area contributed by atoms with Crippen molar-refractivity contribution in [1.29, 1.82) is 0 Å². The average Bonchev–Trinajstić information content (AvgIpc) is 2.72. The third-order valence-corrected chi connectivity index (χ3v) is 4.10. The summed E-state index contributed by atoms with van der Waals surface area (Å²) in [7, 11) is 0. The van der Waals surface area contributed by atoms with Gasteiger partial charge in [-0.05, 0) is 18.4 Å². The molecule has 21 heavy (non-hydrogen) atoms. The molecule has 0 spiro atoms. The minimum Gasteiger partial charge on any atom is -0.481 e. The van der Waals surface area contributed by atoms with Gasteiger partial charge in [0.2, 0.25) is 5.91 Å². The summed E-state index contributed by atoms with van der Waals surface area (Å²) >= 11 is 0. The molecule has 114 valence electrons. The molecule has 0 saturated heterocycles. The molecule has 3 unspecified atom stereocenters. The van der Waals surface area contributed by atoms with Crippen LogP contribution in [0.2, 0.25) is 0 Å². The topological polar surface area (TPSA) is 92.4 Å². The molecular weight excluding hydrogens is 268 g/mol. The van der Waals surface area contributed by atoms with E-state index < -0.39 is 17.9 Å². The molecule has 4 N–H and O–H groups in total. The molecule has 0 aliphatic heterocycles. The lowest BCUT2D eigenvalue weighted by molar-refractivity contribution is -0.143. The summed E-state index contributed by atoms with van der Waals surface area (Å²) in [6.07, 6.45) is 4.16. The number of rotatable bonds is 4. The molecular formula is C16H22N2O3. The van der Waals surface area contributed by atoms with E-state index >= 15 is 0 Å². The van der Waals surface area contributed by atoms with E-state index in [-0.39, 0.29) is 11.9 Å². The Balaban J connectivity index is 2.04. The van der Waals surface area contributed by atoms with Gasteiger partial charge in [0, 0.05) is 6.04 Å². The number of hydrogen-bond acceptors (Lipinski definition) is 3. The summed E-state index contributed by atoms with van der Waals surface area (Å²) in [5.74, 6) is -1.66. The van der Waals surface area contributed by atoms with E-state index in [1.165, 1.54) is 0 Å². The number of amides is 1. The van der Waals surface area contributed by atoms with Crippen LogP contribution < -0.4 is 11.1 Å². The first kappa shape index (κ1) is 15.5. The fraction of sp³-hybridized carbons (Fsp3) is 0.500. The maximum atomic E-state index is 12.3. The van der Waals surface area contributed by atoms with Gasteiger partial charge >= 0.3 is 5.97 Å². The molecule has 1 aliphatic rings. The maximum absolute atomic E-state index is 12.3. The fourth-order valence-electron chi connectivity index (χ4n) is 2.86. The van der Waals surface area contributed by atoms with Crippen molar-refractivity contribution in [1.82, 2.24) is 5.32 Å². The number of carbonyl (C=O) groups is 2. The highest BCUT2D eigenvalue weighted by atomic mass is 16.4. The monoisotopic (exact) mass is 290 g/mol. The Bertz CT molecular complexity index is 490. The SMILES string of the molecule is NC(C(=O)NC1CCCCCC1C(=O)O)c1ccccc1. The standard InChI is InChI=1S/C16H22N2O3/c17-14(11-7-3-1-4-8-11)15(19)18-13-10-6-2-5-9-12(13)16(20)21/h1,3-4,7-8,12-14H,2,5-6,9-10,17H2,(H,18,19)(H,20,21). The summed E-state index contributed by atoms with van der Waals surface area (Å²) in [5, 5.41) is 12.2. The smallest absolute Gasteiger partial charge is 0.308 e. The number of carboxylic acid groups (broad SMARTS) is 1. The second kappa shape index (κ2) is 7.22. The molecule has 1 amide bonds. The van der Waals surface area contributed by atoms with Crippen molar-refractivity contribution < 1.29 is 14.7 Å². The first-order chi connectivity index (χ1) is 10.1. The third kappa shape index (κ3) is 4.04. The number of benzene rings is 1. The molecule has 2 rings (SSSR count). The summed E-state index contributed by atoms with van der Waals surface area (Å²) < 4.78 is 0. The molecule has 1 aromatic rings. The van der Waals surface area contributed by atoms with Crippen LogP contribution >= 0.6 is 0 Å². The molecule has 5 heteroatoms. The second-order valence-electron chi connectivity index (χ2n) is 5.59. The number of nitrogens with two attached hydrogens (primary N) is 1. The normalized spacial score (nSPS) is 23.9. The Morgan fingerprint density at radius 3 is 2.48 bits per heavy atom. The lowest BCUT2D eigenvalue weighted by Crippen LogP contribution is -2.46. The van der Waals surface area contributed by atoms with Crippen LogP contribution in [-0.4, -0.2) is 23.0 Å². The maximum Gasteiger partial charge on any atom is 0.308 e. The first-order valence-electron chi connectivity index (χ1n) is 7.43. The van der Waals surface area contributed by atoms with E-state index in [9.17, 15) is 14.7 Å². The van der Waals surface area contributed by atoms with Crippen molar-refractivity contribution in [3.8, 4) is 0 Å². The van der Waals surface area contributed by atoms with Gasteiger partial charge in [0.15, 0.2) is 0 Å². The summed E-state index contributed by atoms with van der Waals surface area (Å²) in [4.78, 5) is 23.6. The van der Waals surface area contributed by atoms with E-state index in [2.05, 4.69) is 5.32 Å². The zero-order chi connectivity index (χ0) is 15.2. The van der Waals surface area contributed by atoms with Gasteiger partial charge < -0.3 is 16.2 Å². The molecule has 0 aromatic heterocycles. The summed E-state index contributed by atoms with van der Waals surface area (Å²) in [5.41, 5.74) is 6.69. The average molecular weight is 290 g/mol. The van der Waals surface area contributed by atoms with Gasteiger partial charge in [-0.3, -0.25) is 9.59 Å². The highest BCUT2D eigenvalue weighted by Crippen LogP contribution is 2.24. The van der Waals surface area contributed by atoms with Gasteiger partial charge in [0.25, 0.3) is 0 Å². The highest BCUT2D eigenvalue weighted by molar-refractivity contribution is 5.84. The predicted octanol–water partition coefficient (Wildman–Crippen LogP) is 1.84. The van der Waals surface area contributed by atoms with Crippen molar-refractivity contribution in [2.75, 3.05) is 0 Å². The number of nitrogens with one attached hydrogen (secondary N) is 1. The van der Waals surface area contributed by atoms with Gasteiger partial charge in [-0.15, -0.1) is 0 Å². The van der Waals surface area contributed by atoms with Gasteiger partial charge in [-0.1, -0.05) is 49.6 Å². The first-order valence-corrected chi connectivity index (χ1v) is 7.43. The van der Waals surface area contributed by atoms with Crippen LogP contribution in [0.15, 0.2) is 30.3 Å². The Hall–Kier alpha value is -1.88. The minimum atomic E-state index is -0.838. The second-order valence-corrected chi connectivity index (χ2v) is 5.59.